The average molecular weight is 430 g/mol. The molecule has 0 fully saturated rings. The molecule has 0 atom stereocenters. The molecule has 7 nitrogen and oxygen atoms in total. The number of nitrogens with zero attached hydrogens (tertiary/aromatic N) is 3. The lowest BCUT2D eigenvalue weighted by atomic mass is 10.1. The molecule has 0 aliphatic carbocycles. The molecule has 1 aromatic heterocycles. The third-order valence-corrected chi connectivity index (χ3v) is 4.63. The molecule has 1 heterocycles. The molecule has 0 spiro atoms. The van der Waals surface area contributed by atoms with Gasteiger partial charge in [0.25, 0.3) is 10.0 Å². The summed E-state index contributed by atoms with van der Waals surface area (Å²) in [5, 5.41) is 10.4. The molecular formula is C18H28FN5O2S2. The number of nitriles is 1. The Hall–Kier alpha value is -2.51. The average Bonchev–Trinajstić information content (AvgIpc) is 3.17. The summed E-state index contributed by atoms with van der Waals surface area (Å²) in [6.45, 7) is 14.4. The van der Waals surface area contributed by atoms with Crippen LogP contribution in [0.3, 0.4) is 0 Å². The van der Waals surface area contributed by atoms with Crippen molar-refractivity contribution in [3.05, 3.63) is 48.1 Å². The van der Waals surface area contributed by atoms with Crippen LogP contribution in [0.1, 0.15) is 34.1 Å². The minimum absolute atomic E-state index is 0.0409. The van der Waals surface area contributed by atoms with Gasteiger partial charge in [0.05, 0.1) is 24.3 Å². The Kier molecular flexibility index (Phi) is 14.4. The summed E-state index contributed by atoms with van der Waals surface area (Å²) >= 11 is 5.02. The number of sulfonamides is 1. The first-order chi connectivity index (χ1) is 13.2. The van der Waals surface area contributed by atoms with Crippen molar-refractivity contribution in [1.29, 1.82) is 5.26 Å². The molecule has 1 aromatic rings. The van der Waals surface area contributed by atoms with Crippen LogP contribution in [0.4, 0.5) is 4.39 Å². The Bertz CT molecular complexity index is 824. The zero-order valence-electron chi connectivity index (χ0n) is 16.6. The van der Waals surface area contributed by atoms with Crippen LogP contribution in [-0.2, 0) is 16.6 Å². The van der Waals surface area contributed by atoms with Gasteiger partial charge in [-0.25, -0.2) is 13.7 Å². The lowest BCUT2D eigenvalue weighted by Crippen LogP contribution is -2.26. The highest BCUT2D eigenvalue weighted by molar-refractivity contribution is 7.89. The predicted octanol–water partition coefficient (Wildman–Crippen LogP) is 3.38. The number of allylic oxidation sites excluding steroid dienone is 3. The molecule has 0 unspecified atom stereocenters. The summed E-state index contributed by atoms with van der Waals surface area (Å²) in [6, 6.07) is 0. The maximum Gasteiger partial charge on any atom is 0.265 e. The molecule has 10 heteroatoms. The first-order valence-electron chi connectivity index (χ1n) is 8.42. The standard InChI is InChI=1S/C15H21FN4O2S2.C2H6.CHN/c1-4-6-14(15(17)11(2)12(3)23)19-24(21,22)13-9-18-20(10-13)8-5-7-16;2*1-2/h4,6,9-10,19H,2,5,7-8,17H2,1,3H3;1-2H3;1H/b6-4-,15-14-;;. The summed E-state index contributed by atoms with van der Waals surface area (Å²) in [5.74, 6) is 0. The Morgan fingerprint density at radius 1 is 1.50 bits per heavy atom. The highest BCUT2D eigenvalue weighted by atomic mass is 32.2. The fourth-order valence-corrected chi connectivity index (χ4v) is 2.87. The van der Waals surface area contributed by atoms with E-state index in [1.54, 1.807) is 19.9 Å². The van der Waals surface area contributed by atoms with Crippen molar-refractivity contribution >= 4 is 27.1 Å². The van der Waals surface area contributed by atoms with E-state index < -0.39 is 16.7 Å². The molecule has 0 saturated heterocycles. The number of nitrogens with two attached hydrogens (primary N) is 1. The molecule has 0 saturated carbocycles. The van der Waals surface area contributed by atoms with Crippen LogP contribution in [-0.4, -0.2) is 29.7 Å². The van der Waals surface area contributed by atoms with Crippen molar-refractivity contribution < 1.29 is 12.8 Å². The van der Waals surface area contributed by atoms with Gasteiger partial charge in [0, 0.05) is 29.8 Å². The lowest BCUT2D eigenvalue weighted by molar-refractivity contribution is 0.434. The van der Waals surface area contributed by atoms with Crippen LogP contribution in [0.25, 0.3) is 0 Å². The quantitative estimate of drug-likeness (QED) is 0.353. The molecule has 156 valence electrons. The number of nitrogens with one attached hydrogen (secondary N) is 1. The fourth-order valence-electron chi connectivity index (χ4n) is 1.73. The van der Waals surface area contributed by atoms with Crippen molar-refractivity contribution in [2.24, 2.45) is 5.73 Å². The van der Waals surface area contributed by atoms with E-state index in [-0.39, 0.29) is 22.7 Å². The van der Waals surface area contributed by atoms with E-state index in [1.807, 2.05) is 13.8 Å². The van der Waals surface area contributed by atoms with Crippen LogP contribution in [0, 0.1) is 11.8 Å². The Labute approximate surface area is 172 Å². The number of alkyl halides is 1. The Morgan fingerprint density at radius 3 is 2.54 bits per heavy atom. The highest BCUT2D eigenvalue weighted by Crippen LogP contribution is 2.14. The summed E-state index contributed by atoms with van der Waals surface area (Å²) in [6.07, 6.45) is 5.95. The number of hydrogen-bond donors (Lipinski definition) is 2. The fraction of sp³-hybridized carbons (Fsp3) is 0.389. The molecular weight excluding hydrogens is 401 g/mol. The van der Waals surface area contributed by atoms with Gasteiger partial charge in [-0.15, -0.1) is 0 Å². The number of rotatable bonds is 9. The zero-order valence-corrected chi connectivity index (χ0v) is 18.3. The Balaban J connectivity index is 0. The maximum atomic E-state index is 12.5. The second kappa shape index (κ2) is 14.5. The van der Waals surface area contributed by atoms with E-state index >= 15 is 0 Å². The second-order valence-corrected chi connectivity index (χ2v) is 7.24. The lowest BCUT2D eigenvalue weighted by Gasteiger charge is -2.12. The van der Waals surface area contributed by atoms with E-state index in [0.717, 1.165) is 0 Å². The molecule has 0 amide bonds. The van der Waals surface area contributed by atoms with Crippen LogP contribution in [0.15, 0.2) is 53.0 Å². The van der Waals surface area contributed by atoms with Gasteiger partial charge in [-0.3, -0.25) is 13.8 Å². The van der Waals surface area contributed by atoms with Crippen molar-refractivity contribution in [2.75, 3.05) is 6.67 Å². The van der Waals surface area contributed by atoms with Gasteiger partial charge in [-0.2, -0.15) is 5.10 Å². The van der Waals surface area contributed by atoms with E-state index in [1.165, 1.54) is 23.2 Å². The van der Waals surface area contributed by atoms with Gasteiger partial charge in [-0.1, -0.05) is 38.7 Å². The monoisotopic (exact) mass is 429 g/mol. The molecule has 0 aliphatic rings. The normalized spacial score (nSPS) is 11.4. The molecule has 3 N–H and O–H groups in total. The zero-order chi connectivity index (χ0) is 22.3. The van der Waals surface area contributed by atoms with Crippen molar-refractivity contribution in [3.63, 3.8) is 0 Å². The number of thiocarbonyl (C=S) groups is 1. The first kappa shape index (κ1) is 27.7. The molecule has 0 bridgehead atoms. The van der Waals surface area contributed by atoms with Gasteiger partial charge < -0.3 is 5.73 Å². The largest absolute Gasteiger partial charge is 0.397 e. The van der Waals surface area contributed by atoms with Crippen molar-refractivity contribution in [3.8, 4) is 6.57 Å². The van der Waals surface area contributed by atoms with Gasteiger partial charge in [0.1, 0.15) is 4.90 Å². The van der Waals surface area contributed by atoms with E-state index in [4.69, 9.17) is 23.2 Å². The van der Waals surface area contributed by atoms with E-state index in [2.05, 4.69) is 23.0 Å². The minimum Gasteiger partial charge on any atom is -0.397 e. The van der Waals surface area contributed by atoms with Gasteiger partial charge in [-0.05, 0) is 26.3 Å². The maximum absolute atomic E-state index is 12.5. The van der Waals surface area contributed by atoms with Crippen molar-refractivity contribution in [1.82, 2.24) is 14.5 Å². The van der Waals surface area contributed by atoms with Crippen LogP contribution >= 0.6 is 12.2 Å². The summed E-state index contributed by atoms with van der Waals surface area (Å²) in [4.78, 5) is 0.425. The molecule has 0 aliphatic heterocycles. The molecule has 28 heavy (non-hydrogen) atoms. The summed E-state index contributed by atoms with van der Waals surface area (Å²) < 4.78 is 40.9. The number of aryl methyl sites for hydroxylation is 1. The predicted molar refractivity (Wildman–Crippen MR) is 115 cm³/mol. The smallest absolute Gasteiger partial charge is 0.265 e. The van der Waals surface area contributed by atoms with Crippen LogP contribution < -0.4 is 10.5 Å². The third-order valence-electron chi connectivity index (χ3n) is 3.06. The first-order valence-corrected chi connectivity index (χ1v) is 10.3. The van der Waals surface area contributed by atoms with Gasteiger partial charge >= 0.3 is 0 Å². The van der Waals surface area contributed by atoms with E-state index in [0.29, 0.717) is 17.0 Å². The Morgan fingerprint density at radius 2 is 2.07 bits per heavy atom. The number of hydrogen-bond acceptors (Lipinski definition) is 6. The van der Waals surface area contributed by atoms with Gasteiger partial charge in [0.2, 0.25) is 0 Å². The van der Waals surface area contributed by atoms with Crippen LogP contribution in [0.5, 0.6) is 0 Å². The number of aromatic nitrogens is 2. The van der Waals surface area contributed by atoms with Crippen LogP contribution in [0.2, 0.25) is 0 Å². The topological polar surface area (TPSA) is 114 Å². The van der Waals surface area contributed by atoms with Gasteiger partial charge in [0.15, 0.2) is 0 Å². The number of halogens is 1. The van der Waals surface area contributed by atoms with E-state index in [9.17, 15) is 12.8 Å². The molecule has 0 radical (unpaired) electrons. The highest BCUT2D eigenvalue weighted by Gasteiger charge is 2.19. The van der Waals surface area contributed by atoms with Crippen molar-refractivity contribution in [2.45, 2.75) is 45.6 Å². The third kappa shape index (κ3) is 8.92. The molecule has 0 aromatic carbocycles. The minimum atomic E-state index is -3.89. The summed E-state index contributed by atoms with van der Waals surface area (Å²) in [7, 11) is -3.89. The summed E-state index contributed by atoms with van der Waals surface area (Å²) in [5.41, 5.74) is 6.65. The molecule has 1 rings (SSSR count). The SMILES string of the molecule is C#N.C=C(C(C)=S)/C(N)=C(\C=C/C)NS(=O)(=O)c1cnn(CCCF)c1.CC. The second-order valence-electron chi connectivity index (χ2n) is 4.95.